The second kappa shape index (κ2) is 10.3. The lowest BCUT2D eigenvalue weighted by Gasteiger charge is -2.36. The summed E-state index contributed by atoms with van der Waals surface area (Å²) < 4.78 is 5.43. The number of furan rings is 1. The Hall–Kier alpha value is -2.80. The van der Waals surface area contributed by atoms with Gasteiger partial charge in [-0.15, -0.1) is 0 Å². The number of piperazine rings is 1. The quantitative estimate of drug-likeness (QED) is 0.514. The number of guanidine groups is 1. The predicted octanol–water partition coefficient (Wildman–Crippen LogP) is 1.86. The van der Waals surface area contributed by atoms with Crippen LogP contribution in [-0.2, 0) is 17.8 Å². The third-order valence-electron chi connectivity index (χ3n) is 5.47. The Morgan fingerprint density at radius 1 is 1.07 bits per heavy atom. The molecule has 2 aromatic rings. The Morgan fingerprint density at radius 3 is 2.57 bits per heavy atom. The van der Waals surface area contributed by atoms with Gasteiger partial charge in [-0.3, -0.25) is 9.69 Å². The van der Waals surface area contributed by atoms with Crippen LogP contribution in [-0.4, -0.2) is 67.0 Å². The average Bonchev–Trinajstić information content (AvgIpc) is 3.42. The first-order valence-corrected chi connectivity index (χ1v) is 10.9. The monoisotopic (exact) mass is 409 g/mol. The van der Waals surface area contributed by atoms with Gasteiger partial charge in [0.1, 0.15) is 5.76 Å². The normalized spacial score (nSPS) is 17.7. The molecule has 0 bridgehead atoms. The summed E-state index contributed by atoms with van der Waals surface area (Å²) in [6.45, 7) is 5.35. The first-order valence-electron chi connectivity index (χ1n) is 10.9. The molecule has 160 valence electrons. The molecule has 1 aromatic carbocycles. The van der Waals surface area contributed by atoms with Crippen LogP contribution in [0, 0.1) is 0 Å². The molecule has 1 saturated heterocycles. The average molecular weight is 410 g/mol. The SMILES string of the molecule is O=C(CN1CCN(C(=NCc2ccccc2)NCCc2ccco2)CC1)NC1CC1. The smallest absolute Gasteiger partial charge is 0.234 e. The van der Waals surface area contributed by atoms with Crippen LogP contribution in [0.2, 0.25) is 0 Å². The zero-order valence-corrected chi connectivity index (χ0v) is 17.4. The number of rotatable bonds is 8. The Labute approximate surface area is 178 Å². The number of carbonyl (C=O) groups excluding carboxylic acids is 1. The lowest BCUT2D eigenvalue weighted by molar-refractivity contribution is -0.122. The van der Waals surface area contributed by atoms with Gasteiger partial charge in [-0.05, 0) is 30.5 Å². The molecule has 0 atom stereocenters. The van der Waals surface area contributed by atoms with E-state index in [1.165, 1.54) is 5.56 Å². The van der Waals surface area contributed by atoms with E-state index in [0.29, 0.717) is 19.1 Å². The Morgan fingerprint density at radius 2 is 1.87 bits per heavy atom. The van der Waals surface area contributed by atoms with E-state index < -0.39 is 0 Å². The van der Waals surface area contributed by atoms with E-state index in [2.05, 4.69) is 32.6 Å². The Bertz CT molecular complexity index is 809. The van der Waals surface area contributed by atoms with Gasteiger partial charge in [0.25, 0.3) is 0 Å². The highest BCUT2D eigenvalue weighted by Gasteiger charge is 2.26. The van der Waals surface area contributed by atoms with Crippen molar-refractivity contribution < 1.29 is 9.21 Å². The van der Waals surface area contributed by atoms with Crippen LogP contribution in [0.25, 0.3) is 0 Å². The van der Waals surface area contributed by atoms with Crippen molar-refractivity contribution in [1.82, 2.24) is 20.4 Å². The third kappa shape index (κ3) is 6.35. The van der Waals surface area contributed by atoms with Gasteiger partial charge in [-0.25, -0.2) is 4.99 Å². The maximum Gasteiger partial charge on any atom is 0.234 e. The van der Waals surface area contributed by atoms with Crippen LogP contribution < -0.4 is 10.6 Å². The molecule has 7 nitrogen and oxygen atoms in total. The number of hydrogen-bond acceptors (Lipinski definition) is 4. The molecule has 0 spiro atoms. The summed E-state index contributed by atoms with van der Waals surface area (Å²) in [6, 6.07) is 14.6. The fraction of sp³-hybridized carbons (Fsp3) is 0.478. The molecule has 1 aliphatic carbocycles. The summed E-state index contributed by atoms with van der Waals surface area (Å²) in [7, 11) is 0. The molecule has 30 heavy (non-hydrogen) atoms. The molecule has 4 rings (SSSR count). The van der Waals surface area contributed by atoms with Crippen LogP contribution in [0.5, 0.6) is 0 Å². The van der Waals surface area contributed by atoms with Crippen molar-refractivity contribution >= 4 is 11.9 Å². The molecule has 1 saturated carbocycles. The molecule has 7 heteroatoms. The van der Waals surface area contributed by atoms with E-state index in [0.717, 1.165) is 63.7 Å². The summed E-state index contributed by atoms with van der Waals surface area (Å²) in [5.41, 5.74) is 1.19. The molecular weight excluding hydrogens is 378 g/mol. The van der Waals surface area contributed by atoms with E-state index >= 15 is 0 Å². The van der Waals surface area contributed by atoms with Crippen molar-refractivity contribution in [2.24, 2.45) is 4.99 Å². The zero-order valence-electron chi connectivity index (χ0n) is 17.4. The molecular formula is C23H31N5O2. The molecule has 1 aliphatic heterocycles. The molecule has 2 heterocycles. The number of benzene rings is 1. The van der Waals surface area contributed by atoms with Crippen molar-refractivity contribution in [3.05, 3.63) is 60.1 Å². The van der Waals surface area contributed by atoms with E-state index in [-0.39, 0.29) is 5.91 Å². The molecule has 2 fully saturated rings. The van der Waals surface area contributed by atoms with E-state index in [1.807, 2.05) is 30.3 Å². The van der Waals surface area contributed by atoms with Gasteiger partial charge < -0.3 is 20.0 Å². The molecule has 2 aliphatic rings. The predicted molar refractivity (Wildman–Crippen MR) is 117 cm³/mol. The second-order valence-corrected chi connectivity index (χ2v) is 7.99. The zero-order chi connectivity index (χ0) is 20.6. The van der Waals surface area contributed by atoms with Gasteiger partial charge in [0.2, 0.25) is 5.91 Å². The first-order chi connectivity index (χ1) is 14.8. The van der Waals surface area contributed by atoms with Crippen molar-refractivity contribution in [3.8, 4) is 0 Å². The Balaban J connectivity index is 1.30. The molecule has 1 aromatic heterocycles. The lowest BCUT2D eigenvalue weighted by atomic mass is 10.2. The minimum atomic E-state index is 0.153. The van der Waals surface area contributed by atoms with Crippen molar-refractivity contribution in [1.29, 1.82) is 0 Å². The largest absolute Gasteiger partial charge is 0.469 e. The van der Waals surface area contributed by atoms with Gasteiger partial charge in [0, 0.05) is 45.2 Å². The van der Waals surface area contributed by atoms with E-state index in [4.69, 9.17) is 9.41 Å². The van der Waals surface area contributed by atoms with Crippen LogP contribution in [0.1, 0.15) is 24.2 Å². The minimum absolute atomic E-state index is 0.153. The number of nitrogens with one attached hydrogen (secondary N) is 2. The second-order valence-electron chi connectivity index (χ2n) is 7.99. The topological polar surface area (TPSA) is 73.1 Å². The number of nitrogens with zero attached hydrogens (tertiary/aromatic N) is 3. The maximum absolute atomic E-state index is 12.1. The molecule has 0 unspecified atom stereocenters. The van der Waals surface area contributed by atoms with Crippen molar-refractivity contribution in [3.63, 3.8) is 0 Å². The summed E-state index contributed by atoms with van der Waals surface area (Å²) in [6.07, 6.45) is 4.78. The van der Waals surface area contributed by atoms with Crippen LogP contribution in [0.15, 0.2) is 58.1 Å². The number of amides is 1. The van der Waals surface area contributed by atoms with E-state index in [9.17, 15) is 4.79 Å². The van der Waals surface area contributed by atoms with Gasteiger partial charge >= 0.3 is 0 Å². The fourth-order valence-corrected chi connectivity index (χ4v) is 3.59. The fourth-order valence-electron chi connectivity index (χ4n) is 3.59. The summed E-state index contributed by atoms with van der Waals surface area (Å²) in [5.74, 6) is 2.05. The van der Waals surface area contributed by atoms with Gasteiger partial charge in [-0.1, -0.05) is 30.3 Å². The third-order valence-corrected chi connectivity index (χ3v) is 5.47. The highest BCUT2D eigenvalue weighted by Crippen LogP contribution is 2.18. The van der Waals surface area contributed by atoms with Crippen LogP contribution in [0.4, 0.5) is 0 Å². The van der Waals surface area contributed by atoms with Crippen LogP contribution in [0.3, 0.4) is 0 Å². The van der Waals surface area contributed by atoms with Crippen LogP contribution >= 0.6 is 0 Å². The number of hydrogen-bond donors (Lipinski definition) is 2. The highest BCUT2D eigenvalue weighted by molar-refractivity contribution is 5.80. The summed E-state index contributed by atoms with van der Waals surface area (Å²) in [4.78, 5) is 21.5. The lowest BCUT2D eigenvalue weighted by Crippen LogP contribution is -2.54. The number of aliphatic imine (C=N–C) groups is 1. The summed E-state index contributed by atoms with van der Waals surface area (Å²) in [5, 5.41) is 6.58. The minimum Gasteiger partial charge on any atom is -0.469 e. The maximum atomic E-state index is 12.1. The molecule has 0 radical (unpaired) electrons. The van der Waals surface area contributed by atoms with Gasteiger partial charge in [0.05, 0.1) is 19.4 Å². The standard InChI is InChI=1S/C23H31N5O2/c29-22(26-20-8-9-20)18-27-12-14-28(15-13-27)23(24-11-10-21-7-4-16-30-21)25-17-19-5-2-1-3-6-19/h1-7,16,20H,8-15,17-18H2,(H,24,25)(H,26,29). The van der Waals surface area contributed by atoms with E-state index in [1.54, 1.807) is 6.26 Å². The van der Waals surface area contributed by atoms with Gasteiger partial charge in [-0.2, -0.15) is 0 Å². The molecule has 1 amide bonds. The number of carbonyl (C=O) groups is 1. The van der Waals surface area contributed by atoms with Crippen molar-refractivity contribution in [2.75, 3.05) is 39.3 Å². The summed E-state index contributed by atoms with van der Waals surface area (Å²) >= 11 is 0. The first kappa shape index (κ1) is 20.5. The Kier molecular flexibility index (Phi) is 7.03. The van der Waals surface area contributed by atoms with Gasteiger partial charge in [0.15, 0.2) is 5.96 Å². The van der Waals surface area contributed by atoms with Crippen molar-refractivity contribution in [2.45, 2.75) is 31.8 Å². The molecule has 2 N–H and O–H groups in total. The highest BCUT2D eigenvalue weighted by atomic mass is 16.3.